The highest BCUT2D eigenvalue weighted by atomic mass is 16.4. The molecule has 5 heteroatoms. The van der Waals surface area contributed by atoms with E-state index in [4.69, 9.17) is 5.11 Å². The first-order chi connectivity index (χ1) is 11.7. The molecule has 0 unspecified atom stereocenters. The molecule has 3 atom stereocenters. The minimum Gasteiger partial charge on any atom is -0.508 e. The van der Waals surface area contributed by atoms with E-state index in [1.54, 1.807) is 6.08 Å². The number of aliphatic carboxylic acids is 2. The third-order valence-electron chi connectivity index (χ3n) is 6.78. The second-order valence-electron chi connectivity index (χ2n) is 8.13. The van der Waals surface area contributed by atoms with Gasteiger partial charge in [0.15, 0.2) is 0 Å². The second-order valence-corrected chi connectivity index (χ2v) is 8.13. The summed E-state index contributed by atoms with van der Waals surface area (Å²) in [6.45, 7) is 4.05. The molecule has 3 aliphatic carbocycles. The Hall–Kier alpha value is -2.04. The van der Waals surface area contributed by atoms with Gasteiger partial charge in [-0.2, -0.15) is 0 Å². The Bertz CT molecular complexity index is 714. The van der Waals surface area contributed by atoms with Gasteiger partial charge in [-0.25, -0.2) is 4.79 Å². The molecule has 136 valence electrons. The van der Waals surface area contributed by atoms with Gasteiger partial charge in [0, 0.05) is 11.6 Å². The van der Waals surface area contributed by atoms with Crippen LogP contribution in [0.25, 0.3) is 0 Å². The summed E-state index contributed by atoms with van der Waals surface area (Å²) in [5.41, 5.74) is 1.81. The summed E-state index contributed by atoms with van der Waals surface area (Å²) < 4.78 is 0. The van der Waals surface area contributed by atoms with Crippen molar-refractivity contribution in [1.29, 1.82) is 0 Å². The van der Waals surface area contributed by atoms with Gasteiger partial charge in [0.1, 0.15) is 5.76 Å². The number of aliphatic hydroxyl groups excluding tert-OH is 1. The van der Waals surface area contributed by atoms with Crippen LogP contribution in [0.4, 0.5) is 0 Å². The van der Waals surface area contributed by atoms with Crippen molar-refractivity contribution in [2.75, 3.05) is 0 Å². The molecular formula is C20H26O5. The lowest BCUT2D eigenvalue weighted by molar-refractivity contribution is -0.159. The lowest BCUT2D eigenvalue weighted by Crippen LogP contribution is -2.50. The number of carboxylic acid groups (broad SMARTS) is 2. The standard InChI is InChI=1S/C20H26O5/c1-19-8-3-9-20(2,18(24)25)16(19)7-5-12-10-15(21)13(11-17(22)23)4-6-14(12)19/h10-11,16,21H,3-9H2,1-2H3,(H,22,23)(H,24,25)/b13-11+/t16-,19-,20+/m1/s1. The zero-order valence-corrected chi connectivity index (χ0v) is 14.8. The fourth-order valence-electron chi connectivity index (χ4n) is 5.49. The largest absolute Gasteiger partial charge is 0.508 e. The van der Waals surface area contributed by atoms with E-state index >= 15 is 0 Å². The molecule has 0 aromatic rings. The van der Waals surface area contributed by atoms with Crippen LogP contribution < -0.4 is 0 Å². The van der Waals surface area contributed by atoms with E-state index in [0.717, 1.165) is 37.3 Å². The molecule has 0 saturated heterocycles. The van der Waals surface area contributed by atoms with Gasteiger partial charge in [-0.15, -0.1) is 0 Å². The molecule has 0 aromatic carbocycles. The smallest absolute Gasteiger partial charge is 0.328 e. The number of hydrogen-bond donors (Lipinski definition) is 3. The van der Waals surface area contributed by atoms with Crippen LogP contribution in [0.15, 0.2) is 34.6 Å². The first-order valence-electron chi connectivity index (χ1n) is 8.99. The fraction of sp³-hybridized carbons (Fsp3) is 0.600. The molecule has 0 bridgehead atoms. The molecule has 3 N–H and O–H groups in total. The molecule has 0 aliphatic heterocycles. The summed E-state index contributed by atoms with van der Waals surface area (Å²) >= 11 is 0. The Morgan fingerprint density at radius 2 is 1.88 bits per heavy atom. The summed E-state index contributed by atoms with van der Waals surface area (Å²) in [6, 6.07) is 0. The van der Waals surface area contributed by atoms with E-state index < -0.39 is 17.4 Å². The van der Waals surface area contributed by atoms with E-state index in [0.29, 0.717) is 24.8 Å². The number of hydrogen-bond acceptors (Lipinski definition) is 3. The van der Waals surface area contributed by atoms with E-state index in [-0.39, 0.29) is 17.1 Å². The maximum absolute atomic E-state index is 12.0. The van der Waals surface area contributed by atoms with Gasteiger partial charge in [-0.05, 0) is 68.4 Å². The molecule has 0 aromatic heterocycles. The number of carbonyl (C=O) groups is 2. The van der Waals surface area contributed by atoms with Crippen LogP contribution >= 0.6 is 0 Å². The summed E-state index contributed by atoms with van der Waals surface area (Å²) in [4.78, 5) is 23.0. The maximum atomic E-state index is 12.0. The molecule has 0 amide bonds. The topological polar surface area (TPSA) is 94.8 Å². The molecule has 0 radical (unpaired) electrons. The van der Waals surface area contributed by atoms with Crippen LogP contribution in [-0.4, -0.2) is 27.3 Å². The Balaban J connectivity index is 2.02. The zero-order valence-electron chi connectivity index (χ0n) is 14.8. The van der Waals surface area contributed by atoms with Crippen molar-refractivity contribution in [3.63, 3.8) is 0 Å². The molecule has 3 rings (SSSR count). The maximum Gasteiger partial charge on any atom is 0.328 e. The minimum atomic E-state index is -1.06. The third kappa shape index (κ3) is 2.79. The quantitative estimate of drug-likeness (QED) is 0.651. The van der Waals surface area contributed by atoms with Gasteiger partial charge in [-0.3, -0.25) is 4.79 Å². The summed E-state index contributed by atoms with van der Waals surface area (Å²) in [5, 5.41) is 29.2. The third-order valence-corrected chi connectivity index (χ3v) is 6.78. The zero-order chi connectivity index (χ0) is 18.4. The SMILES string of the molecule is C[C@]1(C(=O)O)CCC[C@]2(C)C3=C(C=C(O)/C(=C/C(=O)O)CC3)CC[C@@H]12. The van der Waals surface area contributed by atoms with Crippen molar-refractivity contribution in [3.05, 3.63) is 34.6 Å². The van der Waals surface area contributed by atoms with Crippen LogP contribution in [0, 0.1) is 16.7 Å². The molecule has 3 aliphatic rings. The molecular weight excluding hydrogens is 320 g/mol. The van der Waals surface area contributed by atoms with E-state index in [1.165, 1.54) is 5.57 Å². The van der Waals surface area contributed by atoms with Crippen LogP contribution in [0.1, 0.15) is 58.8 Å². The van der Waals surface area contributed by atoms with Crippen molar-refractivity contribution in [2.24, 2.45) is 16.7 Å². The van der Waals surface area contributed by atoms with Gasteiger partial charge in [0.25, 0.3) is 0 Å². The molecule has 5 nitrogen and oxygen atoms in total. The van der Waals surface area contributed by atoms with E-state index in [2.05, 4.69) is 6.92 Å². The first-order valence-corrected chi connectivity index (χ1v) is 8.99. The minimum absolute atomic E-state index is 0.0336. The van der Waals surface area contributed by atoms with Crippen molar-refractivity contribution in [2.45, 2.75) is 58.8 Å². The molecule has 0 spiro atoms. The number of allylic oxidation sites excluding steroid dienone is 4. The predicted octanol–water partition coefficient (Wildman–Crippen LogP) is 4.22. The highest BCUT2D eigenvalue weighted by molar-refractivity contribution is 5.81. The van der Waals surface area contributed by atoms with Crippen molar-refractivity contribution in [1.82, 2.24) is 0 Å². The average Bonchev–Trinajstić information content (AvgIpc) is 2.66. The molecule has 25 heavy (non-hydrogen) atoms. The number of aliphatic hydroxyl groups is 1. The van der Waals surface area contributed by atoms with Crippen LogP contribution in [0.5, 0.6) is 0 Å². The summed E-state index contributed by atoms with van der Waals surface area (Å²) in [6.07, 6.45) is 8.00. The Labute approximate surface area is 147 Å². The van der Waals surface area contributed by atoms with Crippen LogP contribution in [-0.2, 0) is 9.59 Å². The lowest BCUT2D eigenvalue weighted by Gasteiger charge is -2.54. The molecule has 1 fully saturated rings. The van der Waals surface area contributed by atoms with Gasteiger partial charge in [-0.1, -0.05) is 18.9 Å². The average molecular weight is 346 g/mol. The molecule has 0 heterocycles. The number of rotatable bonds is 2. The number of fused-ring (bicyclic) bond motifs is 2. The monoisotopic (exact) mass is 346 g/mol. The van der Waals surface area contributed by atoms with Gasteiger partial charge in [0.2, 0.25) is 0 Å². The normalized spacial score (nSPS) is 37.0. The Morgan fingerprint density at radius 1 is 1.16 bits per heavy atom. The van der Waals surface area contributed by atoms with Crippen molar-refractivity contribution >= 4 is 11.9 Å². The first kappa shape index (κ1) is 17.8. The van der Waals surface area contributed by atoms with Gasteiger partial charge >= 0.3 is 11.9 Å². The lowest BCUT2D eigenvalue weighted by atomic mass is 9.49. The number of carboxylic acids is 2. The van der Waals surface area contributed by atoms with E-state index in [9.17, 15) is 19.8 Å². The van der Waals surface area contributed by atoms with E-state index in [1.807, 2.05) is 6.92 Å². The Morgan fingerprint density at radius 3 is 2.52 bits per heavy atom. The highest BCUT2D eigenvalue weighted by Crippen LogP contribution is 2.61. The van der Waals surface area contributed by atoms with Crippen LogP contribution in [0.2, 0.25) is 0 Å². The van der Waals surface area contributed by atoms with Gasteiger partial charge in [0.05, 0.1) is 5.41 Å². The highest BCUT2D eigenvalue weighted by Gasteiger charge is 2.55. The molecule has 1 saturated carbocycles. The van der Waals surface area contributed by atoms with Crippen LogP contribution in [0.3, 0.4) is 0 Å². The van der Waals surface area contributed by atoms with Gasteiger partial charge < -0.3 is 15.3 Å². The predicted molar refractivity (Wildman–Crippen MR) is 93.1 cm³/mol. The Kier molecular flexibility index (Phi) is 4.30. The van der Waals surface area contributed by atoms with Crippen molar-refractivity contribution in [3.8, 4) is 0 Å². The fourth-order valence-corrected chi connectivity index (χ4v) is 5.49. The second kappa shape index (κ2) is 6.04. The summed E-state index contributed by atoms with van der Waals surface area (Å²) in [5.74, 6) is -1.67. The summed E-state index contributed by atoms with van der Waals surface area (Å²) in [7, 11) is 0. The van der Waals surface area contributed by atoms with Crippen molar-refractivity contribution < 1.29 is 24.9 Å².